The summed E-state index contributed by atoms with van der Waals surface area (Å²) < 4.78 is 11.1. The molecule has 0 radical (unpaired) electrons. The molecule has 4 rings (SSSR count). The minimum absolute atomic E-state index is 0.0750. The van der Waals surface area contributed by atoms with Crippen molar-refractivity contribution in [3.8, 4) is 10.8 Å². The molecule has 0 saturated carbocycles. The molecule has 9 heteroatoms. The fourth-order valence-corrected chi connectivity index (χ4v) is 3.91. The van der Waals surface area contributed by atoms with E-state index in [0.29, 0.717) is 24.9 Å². The van der Waals surface area contributed by atoms with Gasteiger partial charge in [-0.1, -0.05) is 13.0 Å². The average Bonchev–Trinajstić information content (AvgIpc) is 3.46. The van der Waals surface area contributed by atoms with Crippen molar-refractivity contribution in [3.05, 3.63) is 47.7 Å². The van der Waals surface area contributed by atoms with E-state index in [9.17, 15) is 4.79 Å². The molecule has 3 heterocycles. The first-order chi connectivity index (χ1) is 14.7. The number of rotatable bonds is 8. The predicted octanol–water partition coefficient (Wildman–Crippen LogP) is 3.10. The summed E-state index contributed by atoms with van der Waals surface area (Å²) >= 11 is 1.55. The molecule has 158 valence electrons. The lowest BCUT2D eigenvalue weighted by Crippen LogP contribution is -2.36. The van der Waals surface area contributed by atoms with Crippen LogP contribution >= 0.6 is 11.3 Å². The minimum atomic E-state index is -0.0750. The van der Waals surface area contributed by atoms with E-state index in [1.54, 1.807) is 11.3 Å². The van der Waals surface area contributed by atoms with Crippen molar-refractivity contribution in [2.75, 3.05) is 49.6 Å². The summed E-state index contributed by atoms with van der Waals surface area (Å²) in [6.45, 7) is 6.65. The highest BCUT2D eigenvalue weighted by atomic mass is 32.1. The number of aromatic nitrogens is 2. The van der Waals surface area contributed by atoms with Crippen LogP contribution in [-0.2, 0) is 16.1 Å². The van der Waals surface area contributed by atoms with Crippen LogP contribution in [0.25, 0.3) is 10.8 Å². The van der Waals surface area contributed by atoms with Gasteiger partial charge in [0.15, 0.2) is 0 Å². The Morgan fingerprint density at radius 1 is 1.20 bits per heavy atom. The Hall–Kier alpha value is -2.75. The van der Waals surface area contributed by atoms with Gasteiger partial charge in [0.25, 0.3) is 5.89 Å². The van der Waals surface area contributed by atoms with Crippen LogP contribution in [0.2, 0.25) is 0 Å². The molecule has 0 unspecified atom stereocenters. The largest absolute Gasteiger partial charge is 0.419 e. The summed E-state index contributed by atoms with van der Waals surface area (Å²) in [5.74, 6) is 0.942. The first-order valence-electron chi connectivity index (χ1n) is 10.0. The third kappa shape index (κ3) is 5.24. The molecular formula is C21H25N5O3S. The lowest BCUT2D eigenvalue weighted by Gasteiger charge is -2.28. The van der Waals surface area contributed by atoms with E-state index in [-0.39, 0.29) is 12.5 Å². The quantitative estimate of drug-likeness (QED) is 0.591. The molecule has 1 saturated heterocycles. The molecule has 0 atom stereocenters. The van der Waals surface area contributed by atoms with E-state index in [1.807, 2.05) is 53.6 Å². The van der Waals surface area contributed by atoms with E-state index >= 15 is 0 Å². The van der Waals surface area contributed by atoms with E-state index in [2.05, 4.69) is 20.4 Å². The number of amides is 1. The molecule has 0 aliphatic carbocycles. The molecule has 0 bridgehead atoms. The third-order valence-corrected chi connectivity index (χ3v) is 5.76. The number of likely N-dealkylation sites (N-methyl/N-ethyl adjacent to an activating group) is 1. The van der Waals surface area contributed by atoms with E-state index < -0.39 is 0 Å². The van der Waals surface area contributed by atoms with Crippen molar-refractivity contribution in [2.45, 2.75) is 13.5 Å². The van der Waals surface area contributed by atoms with E-state index in [0.717, 1.165) is 42.6 Å². The van der Waals surface area contributed by atoms with Gasteiger partial charge in [0, 0.05) is 24.5 Å². The normalized spacial score (nSPS) is 14.3. The number of carbonyl (C=O) groups excluding carboxylic acids is 1. The molecule has 1 aliphatic heterocycles. The van der Waals surface area contributed by atoms with Crippen LogP contribution in [0, 0.1) is 0 Å². The third-order valence-electron chi connectivity index (χ3n) is 4.90. The topological polar surface area (TPSA) is 83.7 Å². The van der Waals surface area contributed by atoms with Crippen LogP contribution in [0.4, 0.5) is 11.4 Å². The Balaban J connectivity index is 1.30. The Labute approximate surface area is 179 Å². The van der Waals surface area contributed by atoms with Gasteiger partial charge in [0.1, 0.15) is 0 Å². The number of carbonyl (C=O) groups is 1. The summed E-state index contributed by atoms with van der Waals surface area (Å²) in [5.41, 5.74) is 1.93. The molecule has 0 spiro atoms. The van der Waals surface area contributed by atoms with Crippen molar-refractivity contribution in [1.29, 1.82) is 0 Å². The first-order valence-corrected chi connectivity index (χ1v) is 10.9. The number of benzene rings is 1. The predicted molar refractivity (Wildman–Crippen MR) is 117 cm³/mol. The Morgan fingerprint density at radius 3 is 2.70 bits per heavy atom. The molecule has 1 N–H and O–H groups in total. The zero-order valence-electron chi connectivity index (χ0n) is 16.9. The van der Waals surface area contributed by atoms with Crippen molar-refractivity contribution in [3.63, 3.8) is 0 Å². The maximum atomic E-state index is 12.5. The van der Waals surface area contributed by atoms with E-state index in [4.69, 9.17) is 9.15 Å². The lowest BCUT2D eigenvalue weighted by atomic mass is 10.2. The molecule has 1 aliphatic rings. The van der Waals surface area contributed by atoms with Crippen molar-refractivity contribution >= 4 is 28.6 Å². The molecular weight excluding hydrogens is 402 g/mol. The zero-order chi connectivity index (χ0) is 20.8. The SMILES string of the molecule is CCN(CC(=O)Nc1ccc(N2CCOCC2)cc1)Cc1nnc(-c2cccs2)o1. The second-order valence-electron chi connectivity index (χ2n) is 6.98. The summed E-state index contributed by atoms with van der Waals surface area (Å²) in [4.78, 5) is 17.7. The van der Waals surface area contributed by atoms with Gasteiger partial charge >= 0.3 is 0 Å². The molecule has 1 aromatic carbocycles. The number of hydrogen-bond donors (Lipinski definition) is 1. The fourth-order valence-electron chi connectivity index (χ4n) is 3.27. The summed E-state index contributed by atoms with van der Waals surface area (Å²) in [7, 11) is 0. The number of nitrogens with one attached hydrogen (secondary N) is 1. The molecule has 1 amide bonds. The van der Waals surface area contributed by atoms with Crippen LogP contribution in [-0.4, -0.2) is 60.4 Å². The van der Waals surface area contributed by atoms with Gasteiger partial charge in [-0.3, -0.25) is 9.69 Å². The first kappa shape index (κ1) is 20.5. The van der Waals surface area contributed by atoms with Crippen LogP contribution in [0.1, 0.15) is 12.8 Å². The second kappa shape index (κ2) is 9.84. The zero-order valence-corrected chi connectivity index (χ0v) is 17.7. The van der Waals surface area contributed by atoms with E-state index in [1.165, 1.54) is 0 Å². The Morgan fingerprint density at radius 2 is 2.00 bits per heavy atom. The summed E-state index contributed by atoms with van der Waals surface area (Å²) in [6, 6.07) is 11.8. The van der Waals surface area contributed by atoms with Gasteiger partial charge in [-0.05, 0) is 42.3 Å². The molecule has 3 aromatic rings. The standard InChI is InChI=1S/C21H25N5O3S/c1-2-25(15-20-23-24-21(29-20)18-4-3-13-30-18)14-19(27)22-16-5-7-17(8-6-16)26-9-11-28-12-10-26/h3-8,13H,2,9-12,14-15H2,1H3,(H,22,27). The van der Waals surface area contributed by atoms with Crippen LogP contribution in [0.5, 0.6) is 0 Å². The minimum Gasteiger partial charge on any atom is -0.419 e. The Kier molecular flexibility index (Phi) is 6.73. The maximum Gasteiger partial charge on any atom is 0.257 e. The molecule has 1 fully saturated rings. The lowest BCUT2D eigenvalue weighted by molar-refractivity contribution is -0.117. The number of morpholine rings is 1. The Bertz CT molecular complexity index is 936. The average molecular weight is 428 g/mol. The second-order valence-corrected chi connectivity index (χ2v) is 7.92. The van der Waals surface area contributed by atoms with Crippen molar-refractivity contribution < 1.29 is 13.9 Å². The maximum absolute atomic E-state index is 12.5. The summed E-state index contributed by atoms with van der Waals surface area (Å²) in [6.07, 6.45) is 0. The van der Waals surface area contributed by atoms with Crippen LogP contribution in [0.3, 0.4) is 0 Å². The molecule has 8 nitrogen and oxygen atoms in total. The summed E-state index contributed by atoms with van der Waals surface area (Å²) in [5, 5.41) is 13.1. The number of hydrogen-bond acceptors (Lipinski definition) is 8. The number of thiophene rings is 1. The smallest absolute Gasteiger partial charge is 0.257 e. The van der Waals surface area contributed by atoms with Gasteiger partial charge in [0.2, 0.25) is 11.8 Å². The number of nitrogens with zero attached hydrogens (tertiary/aromatic N) is 4. The number of anilines is 2. The van der Waals surface area contributed by atoms with Crippen molar-refractivity contribution in [1.82, 2.24) is 15.1 Å². The fraction of sp³-hybridized carbons (Fsp3) is 0.381. The highest BCUT2D eigenvalue weighted by molar-refractivity contribution is 7.13. The molecule has 2 aromatic heterocycles. The van der Waals surface area contributed by atoms with Crippen molar-refractivity contribution in [2.24, 2.45) is 0 Å². The van der Waals surface area contributed by atoms with Gasteiger partial charge in [0.05, 0.1) is 31.2 Å². The molecule has 30 heavy (non-hydrogen) atoms. The van der Waals surface area contributed by atoms with Gasteiger partial charge in [-0.25, -0.2) is 0 Å². The highest BCUT2D eigenvalue weighted by Crippen LogP contribution is 2.23. The van der Waals surface area contributed by atoms with Crippen LogP contribution < -0.4 is 10.2 Å². The van der Waals surface area contributed by atoms with Gasteiger partial charge < -0.3 is 19.4 Å². The van der Waals surface area contributed by atoms with Gasteiger partial charge in [-0.2, -0.15) is 0 Å². The highest BCUT2D eigenvalue weighted by Gasteiger charge is 2.16. The number of ether oxygens (including phenoxy) is 1. The van der Waals surface area contributed by atoms with Crippen LogP contribution in [0.15, 0.2) is 46.2 Å². The monoisotopic (exact) mass is 427 g/mol. The van der Waals surface area contributed by atoms with Gasteiger partial charge in [-0.15, -0.1) is 21.5 Å².